The molecule has 2 aliphatic heterocycles. The van der Waals surface area contributed by atoms with E-state index in [-0.39, 0.29) is 46.2 Å². The lowest BCUT2D eigenvalue weighted by Gasteiger charge is -2.35. The van der Waals surface area contributed by atoms with Crippen molar-refractivity contribution in [1.29, 1.82) is 0 Å². The Morgan fingerprint density at radius 1 is 1.02 bits per heavy atom. The Labute approximate surface area is 269 Å². The number of unbranched alkanes of at least 4 members (excludes halogenated alkanes) is 1. The zero-order valence-electron chi connectivity index (χ0n) is 27.0. The highest BCUT2D eigenvalue weighted by atomic mass is 32.2. The first-order valence-electron chi connectivity index (χ1n) is 15.4. The number of aliphatic imine (C=N–C) groups is 1. The van der Waals surface area contributed by atoms with Gasteiger partial charge in [0.2, 0.25) is 5.91 Å². The van der Waals surface area contributed by atoms with E-state index in [2.05, 4.69) is 22.5 Å². The molecule has 2 unspecified atom stereocenters. The summed E-state index contributed by atoms with van der Waals surface area (Å²) in [6.45, 7) is 8.42. The van der Waals surface area contributed by atoms with E-state index in [0.717, 1.165) is 23.6 Å². The summed E-state index contributed by atoms with van der Waals surface area (Å²) in [7, 11) is -2.84. The molecule has 4 rings (SSSR count). The molecule has 1 saturated heterocycles. The average Bonchev–Trinajstić information content (AvgIpc) is 3.21. The van der Waals surface area contributed by atoms with Crippen LogP contribution in [0.25, 0.3) is 0 Å². The fourth-order valence-corrected chi connectivity index (χ4v) is 7.06. The van der Waals surface area contributed by atoms with Gasteiger partial charge in [-0.2, -0.15) is 0 Å². The van der Waals surface area contributed by atoms with Crippen LogP contribution in [0.2, 0.25) is 0 Å². The van der Waals surface area contributed by atoms with Crippen molar-refractivity contribution >= 4 is 56.7 Å². The van der Waals surface area contributed by atoms with Crippen LogP contribution in [0.5, 0.6) is 5.75 Å². The number of hydrogen-bond donors (Lipinski definition) is 2. The van der Waals surface area contributed by atoms with Crippen molar-refractivity contribution in [2.75, 3.05) is 24.3 Å². The number of fused-ring (bicyclic) bond motifs is 1. The molecule has 46 heavy (non-hydrogen) atoms. The topological polar surface area (TPSA) is 164 Å². The molecule has 2 heterocycles. The number of methoxy groups -OCH3 is 1. The van der Waals surface area contributed by atoms with Gasteiger partial charge in [0.05, 0.1) is 18.5 Å². The third-order valence-electron chi connectivity index (χ3n) is 7.87. The minimum absolute atomic E-state index is 0.0535. The van der Waals surface area contributed by atoms with E-state index in [9.17, 15) is 27.6 Å². The number of amidine groups is 1. The van der Waals surface area contributed by atoms with Crippen molar-refractivity contribution in [2.24, 2.45) is 10.9 Å². The molecule has 13 nitrogen and oxygen atoms in total. The fourth-order valence-electron chi connectivity index (χ4n) is 5.38. The molecule has 2 aromatic carbocycles. The van der Waals surface area contributed by atoms with E-state index in [1.165, 1.54) is 39.2 Å². The average molecular weight is 656 g/mol. The second-order valence-electron chi connectivity index (χ2n) is 11.6. The molecule has 4 amide bonds. The number of carbonyl (C=O) groups excluding carboxylic acids is 4. The van der Waals surface area contributed by atoms with Gasteiger partial charge in [-0.15, -0.1) is 0 Å². The third-order valence-corrected chi connectivity index (χ3v) is 9.72. The summed E-state index contributed by atoms with van der Waals surface area (Å²) in [5.41, 5.74) is -1.08. The third kappa shape index (κ3) is 6.71. The lowest BCUT2D eigenvalue weighted by atomic mass is 9.98. The number of cyclic esters (lactones) is 1. The maximum Gasteiger partial charge on any atom is 0.418 e. The largest absolute Gasteiger partial charge is 0.495 e. The van der Waals surface area contributed by atoms with Crippen molar-refractivity contribution < 1.29 is 37.1 Å². The number of carbonyl (C=O) groups is 4. The van der Waals surface area contributed by atoms with Crippen molar-refractivity contribution in [1.82, 2.24) is 9.21 Å². The van der Waals surface area contributed by atoms with Crippen LogP contribution in [-0.2, 0) is 29.1 Å². The second-order valence-corrected chi connectivity index (χ2v) is 13.4. The number of rotatable bonds is 13. The van der Waals surface area contributed by atoms with Crippen molar-refractivity contribution in [2.45, 2.75) is 83.3 Å². The normalized spacial score (nSPS) is 17.8. The first-order chi connectivity index (χ1) is 21.8. The van der Waals surface area contributed by atoms with Gasteiger partial charge in [-0.1, -0.05) is 45.7 Å². The number of hydrogen-bond acceptors (Lipinski definition) is 9. The van der Waals surface area contributed by atoms with Crippen molar-refractivity contribution in [3.8, 4) is 5.75 Å². The van der Waals surface area contributed by atoms with E-state index >= 15 is 0 Å². The van der Waals surface area contributed by atoms with Gasteiger partial charge in [-0.25, -0.2) is 23.1 Å². The Morgan fingerprint density at radius 2 is 1.74 bits per heavy atom. The predicted molar refractivity (Wildman–Crippen MR) is 172 cm³/mol. The number of ether oxygens (including phenoxy) is 2. The first-order valence-corrected chi connectivity index (χ1v) is 16.8. The predicted octanol–water partition coefficient (Wildman–Crippen LogP) is 5.06. The summed E-state index contributed by atoms with van der Waals surface area (Å²) >= 11 is 0. The monoisotopic (exact) mass is 655 g/mol. The second kappa shape index (κ2) is 13.9. The molecule has 0 radical (unpaired) electrons. The van der Waals surface area contributed by atoms with Gasteiger partial charge >= 0.3 is 6.09 Å². The summed E-state index contributed by atoms with van der Waals surface area (Å²) in [6, 6.07) is 8.83. The maximum atomic E-state index is 14.3. The van der Waals surface area contributed by atoms with Crippen LogP contribution in [0.15, 0.2) is 52.4 Å². The van der Waals surface area contributed by atoms with Crippen molar-refractivity contribution in [3.05, 3.63) is 42.5 Å². The van der Waals surface area contributed by atoms with Gasteiger partial charge in [-0.3, -0.25) is 18.7 Å². The van der Waals surface area contributed by atoms with Crippen LogP contribution >= 0.6 is 0 Å². The standard InChI is InChI=1S/C32H41N5O8S/c1-7-10-13-20(9-3)28(38)33-21-16-17-24(44-6)23(19-21)35-29(39)26(37-30(40)32(4,5)45-31(37)41)27-34-22-14-11-12-15-25(22)46(42,43)36(27)18-8-2/h11-12,14-17,19-20,26H,7-10,13,18H2,1-6H3,(H,33,38)(H,35,39). The van der Waals surface area contributed by atoms with Crippen LogP contribution in [0.3, 0.4) is 0 Å². The molecular formula is C32H41N5O8S. The van der Waals surface area contributed by atoms with E-state index in [0.29, 0.717) is 23.4 Å². The molecule has 0 aliphatic carbocycles. The number of para-hydroxylation sites is 1. The van der Waals surface area contributed by atoms with Gasteiger partial charge in [0, 0.05) is 18.2 Å². The Balaban J connectivity index is 1.80. The number of amides is 4. The molecule has 2 aliphatic rings. The highest BCUT2D eigenvalue weighted by molar-refractivity contribution is 7.90. The van der Waals surface area contributed by atoms with Gasteiger partial charge in [0.1, 0.15) is 10.6 Å². The zero-order valence-corrected chi connectivity index (χ0v) is 27.8. The van der Waals surface area contributed by atoms with Gasteiger partial charge in [-0.05, 0) is 63.4 Å². The summed E-state index contributed by atoms with van der Waals surface area (Å²) < 4.78 is 39.3. The number of benzene rings is 2. The maximum absolute atomic E-state index is 14.3. The zero-order chi connectivity index (χ0) is 33.8. The molecule has 0 saturated carbocycles. The molecule has 0 bridgehead atoms. The number of imide groups is 1. The van der Waals surface area contributed by atoms with Crippen LogP contribution in [0, 0.1) is 5.92 Å². The number of sulfonamides is 1. The van der Waals surface area contributed by atoms with Crippen molar-refractivity contribution in [3.63, 3.8) is 0 Å². The fraction of sp³-hybridized carbons (Fsp3) is 0.469. The minimum atomic E-state index is -4.23. The summed E-state index contributed by atoms with van der Waals surface area (Å²) in [6.07, 6.45) is 2.47. The lowest BCUT2D eigenvalue weighted by molar-refractivity contribution is -0.137. The van der Waals surface area contributed by atoms with Gasteiger partial charge in [0.15, 0.2) is 17.5 Å². The molecular weight excluding hydrogens is 614 g/mol. The lowest BCUT2D eigenvalue weighted by Crippen LogP contribution is -2.59. The Morgan fingerprint density at radius 3 is 2.35 bits per heavy atom. The Kier molecular flexibility index (Phi) is 10.4. The molecule has 2 atom stereocenters. The summed E-state index contributed by atoms with van der Waals surface area (Å²) in [4.78, 5) is 59.1. The van der Waals surface area contributed by atoms with E-state index < -0.39 is 39.6 Å². The molecule has 0 aromatic heterocycles. The molecule has 2 N–H and O–H groups in total. The molecule has 2 aromatic rings. The highest BCUT2D eigenvalue weighted by Gasteiger charge is 2.55. The summed E-state index contributed by atoms with van der Waals surface area (Å²) in [5.74, 6) is -2.29. The van der Waals surface area contributed by atoms with E-state index in [4.69, 9.17) is 9.47 Å². The molecule has 248 valence electrons. The van der Waals surface area contributed by atoms with Gasteiger partial charge < -0.3 is 20.1 Å². The Hall–Kier alpha value is -4.46. The molecule has 0 spiro atoms. The molecule has 14 heteroatoms. The molecule has 1 fully saturated rings. The first kappa shape index (κ1) is 34.4. The number of anilines is 2. The van der Waals surface area contributed by atoms with Crippen LogP contribution in [-0.4, -0.2) is 72.6 Å². The van der Waals surface area contributed by atoms with Gasteiger partial charge in [0.25, 0.3) is 21.8 Å². The highest BCUT2D eigenvalue weighted by Crippen LogP contribution is 2.36. The SMILES string of the molecule is CCCCC(CC)C(=O)Nc1ccc(OC)c(NC(=O)C(C2=Nc3ccccc3S(=O)(=O)N2CCC)N2C(=O)OC(C)(C)C2=O)c1. The smallest absolute Gasteiger partial charge is 0.418 e. The van der Waals surface area contributed by atoms with Crippen LogP contribution < -0.4 is 15.4 Å². The number of nitrogens with one attached hydrogen (secondary N) is 2. The summed E-state index contributed by atoms with van der Waals surface area (Å²) in [5, 5.41) is 5.58. The Bertz CT molecular complexity index is 1660. The van der Waals surface area contributed by atoms with Crippen LogP contribution in [0.4, 0.5) is 21.9 Å². The van der Waals surface area contributed by atoms with Crippen LogP contribution in [0.1, 0.15) is 66.7 Å². The minimum Gasteiger partial charge on any atom is -0.495 e. The number of nitrogens with zero attached hydrogens (tertiary/aromatic N) is 3. The van der Waals surface area contributed by atoms with E-state index in [1.54, 1.807) is 31.2 Å². The quantitative estimate of drug-likeness (QED) is 0.302. The van der Waals surface area contributed by atoms with E-state index in [1.807, 2.05) is 6.92 Å².